The van der Waals surface area contributed by atoms with E-state index in [1.807, 2.05) is 0 Å². The Morgan fingerprint density at radius 1 is 1.27 bits per heavy atom. The first-order valence-electron chi connectivity index (χ1n) is 7.81. The maximum absolute atomic E-state index is 13.4. The molecule has 1 unspecified atom stereocenters. The number of hydrogen-bond donors (Lipinski definition) is 3. The molecule has 4 rings (SSSR count). The van der Waals surface area contributed by atoms with E-state index in [2.05, 4.69) is 10.3 Å². The SMILES string of the molecule is O=C(NC1C=CS(O)(O)C1)c1ccc2oc(-c3cccc(F)c3)nc2c1. The number of halogens is 1. The first-order chi connectivity index (χ1) is 12.4. The predicted molar refractivity (Wildman–Crippen MR) is 97.5 cm³/mol. The fourth-order valence-electron chi connectivity index (χ4n) is 2.75. The molecule has 0 radical (unpaired) electrons. The van der Waals surface area contributed by atoms with Gasteiger partial charge in [0.1, 0.15) is 11.3 Å². The second-order valence-electron chi connectivity index (χ2n) is 6.00. The zero-order chi connectivity index (χ0) is 18.3. The van der Waals surface area contributed by atoms with E-state index in [0.717, 1.165) is 0 Å². The van der Waals surface area contributed by atoms with Crippen LogP contribution in [0.5, 0.6) is 0 Å². The van der Waals surface area contributed by atoms with E-state index in [4.69, 9.17) is 4.42 Å². The quantitative estimate of drug-likeness (QED) is 0.644. The summed E-state index contributed by atoms with van der Waals surface area (Å²) in [5, 5.41) is 4.05. The van der Waals surface area contributed by atoms with E-state index in [-0.39, 0.29) is 23.4 Å². The second-order valence-corrected chi connectivity index (χ2v) is 8.04. The third kappa shape index (κ3) is 3.34. The molecule has 3 N–H and O–H groups in total. The Labute approximate surface area is 149 Å². The van der Waals surface area contributed by atoms with Gasteiger partial charge >= 0.3 is 0 Å². The van der Waals surface area contributed by atoms with Crippen LogP contribution in [0.3, 0.4) is 0 Å². The van der Waals surface area contributed by atoms with Crippen molar-refractivity contribution in [3.8, 4) is 11.5 Å². The summed E-state index contributed by atoms with van der Waals surface area (Å²) in [7, 11) is -2.74. The van der Waals surface area contributed by atoms with Gasteiger partial charge in [0.25, 0.3) is 5.91 Å². The monoisotopic (exact) mass is 374 g/mol. The highest BCUT2D eigenvalue weighted by atomic mass is 32.3. The molecule has 2 aromatic carbocycles. The van der Waals surface area contributed by atoms with Gasteiger partial charge < -0.3 is 9.73 Å². The standard InChI is InChI=1S/C18H15FN2O4S/c19-13-3-1-2-12(8-13)18-21-15-9-11(4-5-16(15)25-18)17(22)20-14-6-7-26(23,24)10-14/h1-9,14,23-24H,10H2,(H,20,22). The molecular formula is C18H15FN2O4S. The lowest BCUT2D eigenvalue weighted by molar-refractivity contribution is 0.0947. The Hall–Kier alpha value is -2.68. The smallest absolute Gasteiger partial charge is 0.251 e. The lowest BCUT2D eigenvalue weighted by Gasteiger charge is -2.25. The summed E-state index contributed by atoms with van der Waals surface area (Å²) in [6, 6.07) is 10.3. The highest BCUT2D eigenvalue weighted by Crippen LogP contribution is 2.45. The van der Waals surface area contributed by atoms with Crippen LogP contribution in [-0.4, -0.2) is 31.8 Å². The minimum absolute atomic E-state index is 0.0780. The number of nitrogens with zero attached hydrogens (tertiary/aromatic N) is 1. The lowest BCUT2D eigenvalue weighted by atomic mass is 10.2. The number of carbonyl (C=O) groups is 1. The summed E-state index contributed by atoms with van der Waals surface area (Å²) in [4.78, 5) is 16.7. The van der Waals surface area contributed by atoms with E-state index >= 15 is 0 Å². The third-order valence-electron chi connectivity index (χ3n) is 3.99. The van der Waals surface area contributed by atoms with Crippen LogP contribution in [0.2, 0.25) is 0 Å². The van der Waals surface area contributed by atoms with Gasteiger partial charge in [-0.1, -0.05) is 6.07 Å². The zero-order valence-corrected chi connectivity index (χ0v) is 14.2. The van der Waals surface area contributed by atoms with Gasteiger partial charge in [0.05, 0.1) is 11.8 Å². The van der Waals surface area contributed by atoms with E-state index in [1.54, 1.807) is 36.4 Å². The van der Waals surface area contributed by atoms with Crippen molar-refractivity contribution >= 4 is 27.6 Å². The Morgan fingerprint density at radius 2 is 2.12 bits per heavy atom. The number of amides is 1. The Balaban J connectivity index is 1.58. The van der Waals surface area contributed by atoms with Gasteiger partial charge in [0, 0.05) is 16.5 Å². The van der Waals surface area contributed by atoms with Crippen LogP contribution in [0.25, 0.3) is 22.6 Å². The molecule has 26 heavy (non-hydrogen) atoms. The van der Waals surface area contributed by atoms with Crippen LogP contribution >= 0.6 is 10.6 Å². The molecule has 0 aliphatic carbocycles. The van der Waals surface area contributed by atoms with E-state index in [0.29, 0.717) is 22.2 Å². The minimum atomic E-state index is -2.74. The van der Waals surface area contributed by atoms with Crippen molar-refractivity contribution in [1.29, 1.82) is 0 Å². The zero-order valence-electron chi connectivity index (χ0n) is 13.4. The normalized spacial score (nSPS) is 19.6. The molecule has 0 spiro atoms. The molecular weight excluding hydrogens is 359 g/mol. The maximum atomic E-state index is 13.4. The fraction of sp³-hybridized carbons (Fsp3) is 0.111. The molecule has 0 saturated heterocycles. The van der Waals surface area contributed by atoms with Crippen LogP contribution in [0.1, 0.15) is 10.4 Å². The molecule has 1 aliphatic heterocycles. The minimum Gasteiger partial charge on any atom is -0.436 e. The second kappa shape index (κ2) is 6.24. The molecule has 8 heteroatoms. The van der Waals surface area contributed by atoms with Crippen molar-refractivity contribution in [3.63, 3.8) is 0 Å². The predicted octanol–water partition coefficient (Wildman–Crippen LogP) is 4.01. The van der Waals surface area contributed by atoms with Gasteiger partial charge in [-0.25, -0.2) is 9.37 Å². The number of benzene rings is 2. The summed E-state index contributed by atoms with van der Waals surface area (Å²) < 4.78 is 38.1. The largest absolute Gasteiger partial charge is 0.436 e. The molecule has 6 nitrogen and oxygen atoms in total. The number of oxazole rings is 1. The Bertz CT molecular complexity index is 1030. The van der Waals surface area contributed by atoms with Crippen molar-refractivity contribution in [2.75, 3.05) is 5.75 Å². The number of carbonyl (C=O) groups excluding carboxylic acids is 1. The van der Waals surface area contributed by atoms with Crippen molar-refractivity contribution in [2.45, 2.75) is 6.04 Å². The average molecular weight is 374 g/mol. The summed E-state index contributed by atoms with van der Waals surface area (Å²) >= 11 is 0. The van der Waals surface area contributed by atoms with E-state index < -0.39 is 16.6 Å². The first-order valence-corrected chi connectivity index (χ1v) is 9.59. The van der Waals surface area contributed by atoms with Gasteiger partial charge in [-0.2, -0.15) is 10.6 Å². The number of fused-ring (bicyclic) bond motifs is 1. The molecule has 1 atom stereocenters. The van der Waals surface area contributed by atoms with Crippen molar-refractivity contribution in [3.05, 3.63) is 65.3 Å². The number of aromatic nitrogens is 1. The molecule has 0 saturated carbocycles. The highest BCUT2D eigenvalue weighted by Gasteiger charge is 2.24. The van der Waals surface area contributed by atoms with E-state index in [1.165, 1.54) is 17.5 Å². The van der Waals surface area contributed by atoms with Crippen LogP contribution in [0.15, 0.2) is 58.4 Å². The molecule has 0 fully saturated rings. The van der Waals surface area contributed by atoms with Crippen molar-refractivity contribution in [2.24, 2.45) is 0 Å². The van der Waals surface area contributed by atoms with Gasteiger partial charge in [-0.3, -0.25) is 13.9 Å². The Morgan fingerprint density at radius 3 is 2.85 bits per heavy atom. The molecule has 1 amide bonds. The summed E-state index contributed by atoms with van der Waals surface area (Å²) in [5.41, 5.74) is 1.83. The number of rotatable bonds is 3. The molecule has 0 bridgehead atoms. The molecule has 134 valence electrons. The molecule has 1 aromatic heterocycles. The van der Waals surface area contributed by atoms with Crippen molar-refractivity contribution in [1.82, 2.24) is 10.3 Å². The van der Waals surface area contributed by atoms with Gasteiger partial charge in [0.15, 0.2) is 5.58 Å². The van der Waals surface area contributed by atoms with Crippen LogP contribution < -0.4 is 5.32 Å². The van der Waals surface area contributed by atoms with Gasteiger partial charge in [-0.05, 0) is 42.5 Å². The third-order valence-corrected chi connectivity index (χ3v) is 5.43. The molecule has 2 heterocycles. The van der Waals surface area contributed by atoms with E-state index in [9.17, 15) is 18.3 Å². The summed E-state index contributed by atoms with van der Waals surface area (Å²) in [5.74, 6) is -0.395. The fourth-order valence-corrected chi connectivity index (χ4v) is 4.03. The van der Waals surface area contributed by atoms with Crippen LogP contribution in [0, 0.1) is 5.82 Å². The summed E-state index contributed by atoms with van der Waals surface area (Å²) in [6.45, 7) is 0. The number of nitrogens with one attached hydrogen (secondary N) is 1. The molecule has 1 aliphatic rings. The highest BCUT2D eigenvalue weighted by molar-refractivity contribution is 8.27. The van der Waals surface area contributed by atoms with Gasteiger partial charge in [0.2, 0.25) is 5.89 Å². The first kappa shape index (κ1) is 16.8. The average Bonchev–Trinajstić information content (AvgIpc) is 3.17. The topological polar surface area (TPSA) is 95.6 Å². The Kier molecular flexibility index (Phi) is 4.03. The van der Waals surface area contributed by atoms with Gasteiger partial charge in [-0.15, -0.1) is 0 Å². The number of hydrogen-bond acceptors (Lipinski definition) is 5. The summed E-state index contributed by atoms with van der Waals surface area (Å²) in [6.07, 6.45) is 1.57. The molecule has 3 aromatic rings. The van der Waals surface area contributed by atoms with Crippen molar-refractivity contribution < 1.29 is 22.7 Å². The van der Waals surface area contributed by atoms with Crippen LogP contribution in [-0.2, 0) is 0 Å². The maximum Gasteiger partial charge on any atom is 0.251 e. The van der Waals surface area contributed by atoms with Crippen LogP contribution in [0.4, 0.5) is 4.39 Å². The lowest BCUT2D eigenvalue weighted by Crippen LogP contribution is -2.34.